The van der Waals surface area contributed by atoms with Gasteiger partial charge in [-0.2, -0.15) is 0 Å². The van der Waals surface area contributed by atoms with Crippen LogP contribution in [0.2, 0.25) is 0 Å². The van der Waals surface area contributed by atoms with Gasteiger partial charge in [-0.1, -0.05) is 24.3 Å². The second-order valence-electron chi connectivity index (χ2n) is 5.12. The Hall–Kier alpha value is -2.63. The van der Waals surface area contributed by atoms with Crippen LogP contribution in [0.4, 0.5) is 0 Å². The number of aromatic nitrogens is 2. The van der Waals surface area contributed by atoms with Gasteiger partial charge in [-0.3, -0.25) is 14.2 Å². The van der Waals surface area contributed by atoms with Crippen LogP contribution in [0.5, 0.6) is 0 Å². The lowest BCUT2D eigenvalue weighted by Crippen LogP contribution is -2.42. The number of benzene rings is 1. The first-order valence-electron chi connectivity index (χ1n) is 6.72. The molecule has 3 rings (SSSR count). The number of fused-ring (bicyclic) bond motifs is 1. The SMILES string of the molecule is Cn1c(=O)[nH]cc(C(=O)N2CCc3ccccc3C2)c1=O. The van der Waals surface area contributed by atoms with E-state index in [1.165, 1.54) is 18.8 Å². The number of hydrogen-bond acceptors (Lipinski definition) is 3. The molecule has 0 bridgehead atoms. The summed E-state index contributed by atoms with van der Waals surface area (Å²) in [5, 5.41) is 0. The number of rotatable bonds is 1. The van der Waals surface area contributed by atoms with Crippen molar-refractivity contribution in [2.24, 2.45) is 7.05 Å². The monoisotopic (exact) mass is 285 g/mol. The van der Waals surface area contributed by atoms with Crippen molar-refractivity contribution in [1.82, 2.24) is 14.5 Å². The highest BCUT2D eigenvalue weighted by Gasteiger charge is 2.24. The fraction of sp³-hybridized carbons (Fsp3) is 0.267. The normalized spacial score (nSPS) is 13.9. The van der Waals surface area contributed by atoms with Crippen molar-refractivity contribution < 1.29 is 4.79 Å². The minimum absolute atomic E-state index is 0.00326. The van der Waals surface area contributed by atoms with Crippen molar-refractivity contribution in [2.45, 2.75) is 13.0 Å². The summed E-state index contributed by atoms with van der Waals surface area (Å²) in [6, 6.07) is 7.95. The van der Waals surface area contributed by atoms with E-state index in [1.807, 2.05) is 18.2 Å². The molecule has 1 aromatic carbocycles. The summed E-state index contributed by atoms with van der Waals surface area (Å²) in [6.07, 6.45) is 1.97. The lowest BCUT2D eigenvalue weighted by Gasteiger charge is -2.28. The highest BCUT2D eigenvalue weighted by Crippen LogP contribution is 2.19. The van der Waals surface area contributed by atoms with Crippen LogP contribution in [0.1, 0.15) is 21.5 Å². The Morgan fingerprint density at radius 1 is 1.19 bits per heavy atom. The largest absolute Gasteiger partial charge is 0.334 e. The maximum atomic E-state index is 12.5. The molecule has 1 aliphatic rings. The van der Waals surface area contributed by atoms with E-state index < -0.39 is 11.2 Å². The summed E-state index contributed by atoms with van der Waals surface area (Å²) in [7, 11) is 1.35. The van der Waals surface area contributed by atoms with E-state index >= 15 is 0 Å². The molecule has 0 saturated carbocycles. The molecule has 6 nitrogen and oxygen atoms in total. The van der Waals surface area contributed by atoms with Crippen molar-refractivity contribution >= 4 is 5.91 Å². The quantitative estimate of drug-likeness (QED) is 0.817. The van der Waals surface area contributed by atoms with Gasteiger partial charge < -0.3 is 9.88 Å². The minimum Gasteiger partial charge on any atom is -0.334 e. The molecule has 0 saturated heterocycles. The third-order valence-electron chi connectivity index (χ3n) is 3.83. The maximum Gasteiger partial charge on any atom is 0.328 e. The number of amides is 1. The summed E-state index contributed by atoms with van der Waals surface area (Å²) in [5.74, 6) is -0.346. The van der Waals surface area contributed by atoms with Crippen LogP contribution in [0.25, 0.3) is 0 Å². The van der Waals surface area contributed by atoms with Gasteiger partial charge in [0, 0.05) is 26.3 Å². The van der Waals surface area contributed by atoms with E-state index in [9.17, 15) is 14.4 Å². The van der Waals surface area contributed by atoms with Gasteiger partial charge in [0.05, 0.1) is 0 Å². The summed E-state index contributed by atoms with van der Waals surface area (Å²) < 4.78 is 0.908. The van der Waals surface area contributed by atoms with Crippen LogP contribution in [0.15, 0.2) is 40.1 Å². The van der Waals surface area contributed by atoms with Crippen LogP contribution in [-0.2, 0) is 20.0 Å². The third-order valence-corrected chi connectivity index (χ3v) is 3.83. The zero-order chi connectivity index (χ0) is 15.0. The van der Waals surface area contributed by atoms with Crippen LogP contribution < -0.4 is 11.2 Å². The number of nitrogens with one attached hydrogen (secondary N) is 1. The topological polar surface area (TPSA) is 75.2 Å². The van der Waals surface area contributed by atoms with Gasteiger partial charge in [0.25, 0.3) is 11.5 Å². The molecule has 1 aromatic heterocycles. The van der Waals surface area contributed by atoms with Crippen molar-refractivity contribution in [3.8, 4) is 0 Å². The average molecular weight is 285 g/mol. The highest BCUT2D eigenvalue weighted by atomic mass is 16.2. The van der Waals surface area contributed by atoms with Crippen LogP contribution in [-0.4, -0.2) is 26.9 Å². The molecule has 1 N–H and O–H groups in total. The number of hydrogen-bond donors (Lipinski definition) is 1. The Morgan fingerprint density at radius 3 is 2.67 bits per heavy atom. The first kappa shape index (κ1) is 13.4. The highest BCUT2D eigenvalue weighted by molar-refractivity contribution is 5.93. The fourth-order valence-corrected chi connectivity index (χ4v) is 2.56. The first-order valence-corrected chi connectivity index (χ1v) is 6.72. The molecule has 21 heavy (non-hydrogen) atoms. The molecule has 0 radical (unpaired) electrons. The van der Waals surface area contributed by atoms with Crippen molar-refractivity contribution in [2.75, 3.05) is 6.54 Å². The lowest BCUT2D eigenvalue weighted by molar-refractivity contribution is 0.0731. The number of nitrogens with zero attached hydrogens (tertiary/aromatic N) is 2. The van der Waals surface area contributed by atoms with E-state index in [4.69, 9.17) is 0 Å². The molecular weight excluding hydrogens is 270 g/mol. The molecular formula is C15H15N3O3. The smallest absolute Gasteiger partial charge is 0.328 e. The molecule has 0 fully saturated rings. The van der Waals surface area contributed by atoms with E-state index in [2.05, 4.69) is 11.1 Å². The Labute approximate surface area is 120 Å². The molecule has 6 heteroatoms. The third kappa shape index (κ3) is 2.29. The maximum absolute atomic E-state index is 12.5. The average Bonchev–Trinajstić information content (AvgIpc) is 2.52. The van der Waals surface area contributed by atoms with Crippen molar-refractivity contribution in [3.05, 3.63) is 68.0 Å². The van der Waals surface area contributed by atoms with Crippen molar-refractivity contribution in [1.29, 1.82) is 0 Å². The molecule has 1 aliphatic heterocycles. The molecule has 2 aromatic rings. The van der Waals surface area contributed by atoms with Gasteiger partial charge in [-0.05, 0) is 17.5 Å². The Morgan fingerprint density at radius 2 is 1.90 bits per heavy atom. The second-order valence-corrected chi connectivity index (χ2v) is 5.12. The zero-order valence-electron chi connectivity index (χ0n) is 11.6. The Balaban J connectivity index is 1.93. The summed E-state index contributed by atoms with van der Waals surface area (Å²) in [5.41, 5.74) is 1.23. The van der Waals surface area contributed by atoms with Gasteiger partial charge in [-0.15, -0.1) is 0 Å². The van der Waals surface area contributed by atoms with Crippen LogP contribution in [0, 0.1) is 0 Å². The number of H-pyrrole nitrogens is 1. The number of carbonyl (C=O) groups is 1. The standard InChI is InChI=1S/C15H15N3O3/c1-17-13(19)12(8-16-15(17)21)14(20)18-7-6-10-4-2-3-5-11(10)9-18/h2-5,8H,6-7,9H2,1H3,(H,16,21). The molecule has 0 aliphatic carbocycles. The second kappa shape index (κ2) is 5.05. The van der Waals surface area contributed by atoms with Crippen LogP contribution in [0.3, 0.4) is 0 Å². The minimum atomic E-state index is -0.567. The van der Waals surface area contributed by atoms with E-state index in [0.717, 1.165) is 16.6 Å². The Kier molecular flexibility index (Phi) is 3.21. The first-order chi connectivity index (χ1) is 10.1. The van der Waals surface area contributed by atoms with Crippen LogP contribution >= 0.6 is 0 Å². The summed E-state index contributed by atoms with van der Waals surface area (Å²) >= 11 is 0. The van der Waals surface area contributed by atoms with Gasteiger partial charge >= 0.3 is 5.69 Å². The van der Waals surface area contributed by atoms with Gasteiger partial charge in [-0.25, -0.2) is 4.79 Å². The predicted octanol–water partition coefficient (Wildman–Crippen LogP) is 0.272. The molecule has 1 amide bonds. The summed E-state index contributed by atoms with van der Waals surface area (Å²) in [6.45, 7) is 1.05. The number of carbonyl (C=O) groups excluding carboxylic acids is 1. The predicted molar refractivity (Wildman–Crippen MR) is 77.2 cm³/mol. The molecule has 0 unspecified atom stereocenters. The molecule has 0 atom stereocenters. The Bertz CT molecular complexity index is 819. The summed E-state index contributed by atoms with van der Waals surface area (Å²) in [4.78, 5) is 39.9. The van der Waals surface area contributed by atoms with E-state index in [1.54, 1.807) is 4.90 Å². The fourth-order valence-electron chi connectivity index (χ4n) is 2.56. The molecule has 0 spiro atoms. The van der Waals surface area contributed by atoms with Gasteiger partial charge in [0.15, 0.2) is 0 Å². The van der Waals surface area contributed by atoms with Crippen molar-refractivity contribution in [3.63, 3.8) is 0 Å². The zero-order valence-corrected chi connectivity index (χ0v) is 11.6. The molecule has 108 valence electrons. The van der Waals surface area contributed by atoms with Gasteiger partial charge in [0.2, 0.25) is 0 Å². The van der Waals surface area contributed by atoms with Gasteiger partial charge in [0.1, 0.15) is 5.56 Å². The van der Waals surface area contributed by atoms with E-state index in [-0.39, 0.29) is 11.5 Å². The van der Waals surface area contributed by atoms with E-state index in [0.29, 0.717) is 13.1 Å². The lowest BCUT2D eigenvalue weighted by atomic mass is 9.99. The number of aromatic amines is 1. The molecule has 2 heterocycles.